The van der Waals surface area contributed by atoms with Crippen LogP contribution in [-0.4, -0.2) is 19.5 Å². The van der Waals surface area contributed by atoms with Crippen LogP contribution in [0, 0.1) is 0 Å². The summed E-state index contributed by atoms with van der Waals surface area (Å²) in [5.74, 6) is 2.02. The molecule has 1 unspecified atom stereocenters. The number of para-hydroxylation sites is 1. The molecule has 5 heteroatoms. The molecule has 0 aliphatic heterocycles. The van der Waals surface area contributed by atoms with Crippen molar-refractivity contribution in [3.63, 3.8) is 0 Å². The molecule has 0 radical (unpaired) electrons. The van der Waals surface area contributed by atoms with Crippen LogP contribution in [0.4, 0.5) is 0 Å². The standard InChI is InChI=1S/C63H42N4S/c1-6-20-41(21-7-1)46-36-47(42-22-8-2-9-23-42)38-48(37-46)62-64-61(45-28-14-5-15-29-45)65-63(66-62)49-39-54(43-24-10-3-11-25-43)58(55(40-49)44-26-12-4-13-27-44)67-56-32-18-16-30-50(56)52-34-35-53-51-31-17-19-33-57(51)68-60(53)59(52)67/h1-28,30-40,45H,29H2. The molecule has 0 saturated heterocycles. The van der Waals surface area contributed by atoms with Crippen molar-refractivity contribution in [3.05, 3.63) is 242 Å². The normalized spacial score (nSPS) is 13.6. The van der Waals surface area contributed by atoms with E-state index in [-0.39, 0.29) is 5.92 Å². The van der Waals surface area contributed by atoms with E-state index in [9.17, 15) is 0 Å². The van der Waals surface area contributed by atoms with Crippen LogP contribution in [0.15, 0.2) is 237 Å². The minimum atomic E-state index is -0.00539. The number of rotatable bonds is 8. The summed E-state index contributed by atoms with van der Waals surface area (Å²) in [7, 11) is 0. The minimum absolute atomic E-state index is 0.00539. The Bertz CT molecular complexity index is 3810. The Morgan fingerprint density at radius 2 is 0.926 bits per heavy atom. The Morgan fingerprint density at radius 3 is 1.53 bits per heavy atom. The number of allylic oxidation sites excluding steroid dienone is 4. The van der Waals surface area contributed by atoms with E-state index in [1.165, 1.54) is 36.5 Å². The maximum atomic E-state index is 5.50. The van der Waals surface area contributed by atoms with E-state index in [1.54, 1.807) is 0 Å². The molecule has 3 heterocycles. The Kier molecular flexibility index (Phi) is 9.80. The fourth-order valence-corrected chi connectivity index (χ4v) is 11.3. The molecular formula is C63H42N4S. The van der Waals surface area contributed by atoms with Crippen LogP contribution in [-0.2, 0) is 0 Å². The summed E-state index contributed by atoms with van der Waals surface area (Å²) < 4.78 is 5.10. The average molecular weight is 887 g/mol. The topological polar surface area (TPSA) is 43.6 Å². The van der Waals surface area contributed by atoms with E-state index in [2.05, 4.69) is 241 Å². The van der Waals surface area contributed by atoms with Crippen LogP contribution >= 0.6 is 11.3 Å². The lowest BCUT2D eigenvalue weighted by molar-refractivity contribution is 0.764. The second-order valence-electron chi connectivity index (χ2n) is 17.5. The quantitative estimate of drug-likeness (QED) is 0.153. The lowest BCUT2D eigenvalue weighted by atomic mass is 9.92. The third-order valence-electron chi connectivity index (χ3n) is 13.3. The van der Waals surface area contributed by atoms with Gasteiger partial charge in [-0.25, -0.2) is 15.0 Å². The summed E-state index contributed by atoms with van der Waals surface area (Å²) in [6.07, 6.45) is 9.43. The molecule has 68 heavy (non-hydrogen) atoms. The van der Waals surface area contributed by atoms with Gasteiger partial charge in [0.05, 0.1) is 21.4 Å². The summed E-state index contributed by atoms with van der Waals surface area (Å²) in [6, 6.07) is 76.4. The van der Waals surface area contributed by atoms with Gasteiger partial charge in [0.25, 0.3) is 0 Å². The first-order valence-corrected chi connectivity index (χ1v) is 24.0. The Hall–Kier alpha value is -8.51. The first kappa shape index (κ1) is 39.8. The molecule has 0 fully saturated rings. The monoisotopic (exact) mass is 886 g/mol. The first-order chi connectivity index (χ1) is 33.7. The van der Waals surface area contributed by atoms with Gasteiger partial charge in [-0.2, -0.15) is 0 Å². The predicted octanol–water partition coefficient (Wildman–Crippen LogP) is 16.9. The van der Waals surface area contributed by atoms with Crippen molar-refractivity contribution in [1.82, 2.24) is 19.5 Å². The summed E-state index contributed by atoms with van der Waals surface area (Å²) in [5.41, 5.74) is 14.2. The van der Waals surface area contributed by atoms with E-state index in [1.807, 2.05) is 11.3 Å². The van der Waals surface area contributed by atoms with Crippen LogP contribution in [0.1, 0.15) is 18.2 Å². The molecule has 1 atom stereocenters. The zero-order valence-electron chi connectivity index (χ0n) is 37.0. The fraction of sp³-hybridized carbons (Fsp3) is 0.0317. The number of hydrogen-bond acceptors (Lipinski definition) is 4. The number of aromatic nitrogens is 4. The average Bonchev–Trinajstić information content (AvgIpc) is 3.97. The maximum absolute atomic E-state index is 5.50. The molecule has 9 aromatic carbocycles. The molecule has 0 amide bonds. The molecule has 0 bridgehead atoms. The van der Waals surface area contributed by atoms with Gasteiger partial charge in [0, 0.05) is 54.4 Å². The molecule has 0 saturated carbocycles. The second kappa shape index (κ2) is 16.7. The van der Waals surface area contributed by atoms with Gasteiger partial charge in [-0.3, -0.25) is 0 Å². The van der Waals surface area contributed by atoms with Crippen LogP contribution in [0.5, 0.6) is 0 Å². The number of fused-ring (bicyclic) bond motifs is 7. The van der Waals surface area contributed by atoms with Gasteiger partial charge in [0.15, 0.2) is 11.6 Å². The molecule has 13 rings (SSSR count). The summed E-state index contributed by atoms with van der Waals surface area (Å²) in [5, 5.41) is 5.00. The van der Waals surface area contributed by atoms with Gasteiger partial charge in [-0.1, -0.05) is 194 Å². The SMILES string of the molecule is C1=CCC(c2nc(-c3cc(-c4ccccc4)cc(-c4ccccc4)c3)nc(-c3cc(-c4ccccc4)c(-n4c5ccccc5c5ccc6c7ccccc7sc6c54)c(-c4ccccc4)c3)n2)C=C1. The van der Waals surface area contributed by atoms with Crippen LogP contribution < -0.4 is 0 Å². The summed E-state index contributed by atoms with van der Waals surface area (Å²) >= 11 is 1.87. The Labute approximate surface area is 398 Å². The highest BCUT2D eigenvalue weighted by Crippen LogP contribution is 2.47. The molecule has 1 aliphatic carbocycles. The van der Waals surface area contributed by atoms with Gasteiger partial charge in [0.1, 0.15) is 5.82 Å². The van der Waals surface area contributed by atoms with E-state index >= 15 is 0 Å². The smallest absolute Gasteiger partial charge is 0.163 e. The van der Waals surface area contributed by atoms with Gasteiger partial charge in [-0.15, -0.1) is 11.3 Å². The van der Waals surface area contributed by atoms with E-state index in [0.717, 1.165) is 79.1 Å². The molecule has 1 aliphatic rings. The summed E-state index contributed by atoms with van der Waals surface area (Å²) in [6.45, 7) is 0. The molecule has 0 N–H and O–H groups in total. The number of hydrogen-bond donors (Lipinski definition) is 0. The van der Waals surface area contributed by atoms with Crippen molar-refractivity contribution in [2.45, 2.75) is 12.3 Å². The highest BCUT2D eigenvalue weighted by molar-refractivity contribution is 7.26. The minimum Gasteiger partial charge on any atom is -0.307 e. The van der Waals surface area contributed by atoms with Crippen molar-refractivity contribution in [3.8, 4) is 73.0 Å². The number of nitrogens with zero attached hydrogens (tertiary/aromatic N) is 4. The van der Waals surface area contributed by atoms with E-state index in [0.29, 0.717) is 11.6 Å². The van der Waals surface area contributed by atoms with Gasteiger partial charge in [-0.05, 0) is 82.3 Å². The predicted molar refractivity (Wildman–Crippen MR) is 285 cm³/mol. The Balaban J connectivity index is 1.12. The second-order valence-corrected chi connectivity index (χ2v) is 18.5. The number of benzene rings is 9. The van der Waals surface area contributed by atoms with Crippen molar-refractivity contribution >= 4 is 53.3 Å². The van der Waals surface area contributed by atoms with Crippen molar-refractivity contribution in [2.75, 3.05) is 0 Å². The highest BCUT2D eigenvalue weighted by atomic mass is 32.1. The van der Waals surface area contributed by atoms with Gasteiger partial charge < -0.3 is 4.57 Å². The third kappa shape index (κ3) is 6.95. The van der Waals surface area contributed by atoms with Gasteiger partial charge in [0.2, 0.25) is 0 Å². The fourth-order valence-electron chi connectivity index (χ4n) is 10.1. The third-order valence-corrected chi connectivity index (χ3v) is 14.5. The molecular weight excluding hydrogens is 845 g/mol. The molecule has 12 aromatic rings. The maximum Gasteiger partial charge on any atom is 0.163 e. The van der Waals surface area contributed by atoms with Crippen molar-refractivity contribution < 1.29 is 0 Å². The van der Waals surface area contributed by atoms with E-state index < -0.39 is 0 Å². The first-order valence-electron chi connectivity index (χ1n) is 23.2. The molecule has 3 aromatic heterocycles. The van der Waals surface area contributed by atoms with Crippen molar-refractivity contribution in [2.24, 2.45) is 0 Å². The van der Waals surface area contributed by atoms with Crippen LogP contribution in [0.3, 0.4) is 0 Å². The number of thiophene rings is 1. The van der Waals surface area contributed by atoms with Gasteiger partial charge >= 0.3 is 0 Å². The van der Waals surface area contributed by atoms with Crippen LogP contribution in [0.2, 0.25) is 0 Å². The zero-order chi connectivity index (χ0) is 45.0. The molecule has 0 spiro atoms. The van der Waals surface area contributed by atoms with Crippen LogP contribution in [0.25, 0.3) is 115 Å². The zero-order valence-corrected chi connectivity index (χ0v) is 37.8. The largest absolute Gasteiger partial charge is 0.307 e. The highest BCUT2D eigenvalue weighted by Gasteiger charge is 2.26. The lowest BCUT2D eigenvalue weighted by Crippen LogP contribution is -2.08. The summed E-state index contributed by atoms with van der Waals surface area (Å²) in [4.78, 5) is 16.3. The Morgan fingerprint density at radius 1 is 0.412 bits per heavy atom. The lowest BCUT2D eigenvalue weighted by Gasteiger charge is -2.21. The van der Waals surface area contributed by atoms with Crippen molar-refractivity contribution in [1.29, 1.82) is 0 Å². The molecule has 4 nitrogen and oxygen atoms in total. The van der Waals surface area contributed by atoms with E-state index in [4.69, 9.17) is 15.0 Å². The molecule has 320 valence electrons.